The lowest BCUT2D eigenvalue weighted by molar-refractivity contribution is -0.135. The number of ether oxygens (including phenoxy) is 1. The van der Waals surface area contributed by atoms with Gasteiger partial charge in [0.05, 0.1) is 12.0 Å². The Morgan fingerprint density at radius 2 is 2.06 bits per heavy atom. The molecule has 2 rings (SSSR count). The quantitative estimate of drug-likeness (QED) is 0.779. The second-order valence-electron chi connectivity index (χ2n) is 5.54. The maximum atomic E-state index is 12.0. The van der Waals surface area contributed by atoms with Crippen molar-refractivity contribution in [2.75, 3.05) is 7.11 Å². The molecular weight excluding hydrogens is 216 g/mol. The van der Waals surface area contributed by atoms with Crippen LogP contribution in [-0.2, 0) is 9.53 Å². The molecule has 0 aromatic carbocycles. The molecule has 3 N–H and O–H groups in total. The molecule has 0 aromatic rings. The molecule has 98 valence electrons. The Kier molecular flexibility index (Phi) is 4.05. The minimum Gasteiger partial charge on any atom is -0.378 e. The van der Waals surface area contributed by atoms with E-state index in [1.54, 1.807) is 7.11 Å². The molecule has 0 aliphatic heterocycles. The van der Waals surface area contributed by atoms with Crippen LogP contribution in [0.3, 0.4) is 0 Å². The number of hydrogen-bond acceptors (Lipinski definition) is 3. The van der Waals surface area contributed by atoms with Crippen LogP contribution in [0.25, 0.3) is 0 Å². The standard InChI is InChI=1S/C13H24N2O2/c1-17-13(7-4-8-13)9-12(16)15-11-6-3-2-5-10(11)14/h10-11H,2-9,14H2,1H3,(H,15,16)/t10-,11-/m1/s1. The van der Waals surface area contributed by atoms with E-state index >= 15 is 0 Å². The van der Waals surface area contributed by atoms with Crippen molar-refractivity contribution in [2.24, 2.45) is 5.73 Å². The van der Waals surface area contributed by atoms with E-state index in [1.807, 2.05) is 0 Å². The second kappa shape index (κ2) is 5.36. The first-order chi connectivity index (χ1) is 8.15. The molecule has 4 heteroatoms. The van der Waals surface area contributed by atoms with Crippen LogP contribution >= 0.6 is 0 Å². The number of carbonyl (C=O) groups is 1. The molecule has 2 fully saturated rings. The molecule has 0 saturated heterocycles. The first kappa shape index (κ1) is 12.8. The fourth-order valence-electron chi connectivity index (χ4n) is 2.91. The number of methoxy groups -OCH3 is 1. The van der Waals surface area contributed by atoms with Gasteiger partial charge in [-0.05, 0) is 32.1 Å². The third kappa shape index (κ3) is 2.99. The summed E-state index contributed by atoms with van der Waals surface area (Å²) in [6.07, 6.45) is 8.09. The van der Waals surface area contributed by atoms with Crippen LogP contribution in [0.4, 0.5) is 0 Å². The predicted octanol–water partition coefficient (Wildman–Crippen LogP) is 1.33. The van der Waals surface area contributed by atoms with Crippen molar-refractivity contribution in [2.45, 2.75) is 69.1 Å². The number of nitrogens with two attached hydrogens (primary N) is 1. The van der Waals surface area contributed by atoms with E-state index in [2.05, 4.69) is 5.32 Å². The van der Waals surface area contributed by atoms with Gasteiger partial charge in [-0.25, -0.2) is 0 Å². The van der Waals surface area contributed by atoms with Crippen molar-refractivity contribution in [1.82, 2.24) is 5.32 Å². The van der Waals surface area contributed by atoms with Crippen LogP contribution in [0.2, 0.25) is 0 Å². The van der Waals surface area contributed by atoms with Gasteiger partial charge >= 0.3 is 0 Å². The number of carbonyl (C=O) groups excluding carboxylic acids is 1. The molecule has 2 aliphatic carbocycles. The SMILES string of the molecule is COC1(CC(=O)N[C@@H]2CCCC[C@H]2N)CCC1. The Bertz CT molecular complexity index is 271. The van der Waals surface area contributed by atoms with Crippen molar-refractivity contribution in [3.8, 4) is 0 Å². The summed E-state index contributed by atoms with van der Waals surface area (Å²) in [7, 11) is 1.71. The molecule has 0 bridgehead atoms. The normalized spacial score (nSPS) is 31.6. The van der Waals surface area contributed by atoms with E-state index in [4.69, 9.17) is 10.5 Å². The lowest BCUT2D eigenvalue weighted by Crippen LogP contribution is -2.52. The highest BCUT2D eigenvalue weighted by atomic mass is 16.5. The zero-order chi connectivity index (χ0) is 12.3. The summed E-state index contributed by atoms with van der Waals surface area (Å²) in [5.74, 6) is 0.105. The molecule has 4 nitrogen and oxygen atoms in total. The summed E-state index contributed by atoms with van der Waals surface area (Å²) in [6, 6.07) is 0.304. The van der Waals surface area contributed by atoms with E-state index in [9.17, 15) is 4.79 Å². The summed E-state index contributed by atoms with van der Waals surface area (Å²) in [6.45, 7) is 0. The number of nitrogens with one attached hydrogen (secondary N) is 1. The Morgan fingerprint density at radius 1 is 1.35 bits per heavy atom. The van der Waals surface area contributed by atoms with Crippen LogP contribution in [0.1, 0.15) is 51.4 Å². The molecule has 0 heterocycles. The van der Waals surface area contributed by atoms with Crippen LogP contribution < -0.4 is 11.1 Å². The van der Waals surface area contributed by atoms with E-state index < -0.39 is 0 Å². The third-order valence-electron chi connectivity index (χ3n) is 4.35. The first-order valence-electron chi connectivity index (χ1n) is 6.75. The van der Waals surface area contributed by atoms with Crippen molar-refractivity contribution in [1.29, 1.82) is 0 Å². The molecule has 2 saturated carbocycles. The first-order valence-corrected chi connectivity index (χ1v) is 6.75. The fourth-order valence-corrected chi connectivity index (χ4v) is 2.91. The van der Waals surface area contributed by atoms with Crippen molar-refractivity contribution < 1.29 is 9.53 Å². The molecular formula is C13H24N2O2. The molecule has 0 unspecified atom stereocenters. The fraction of sp³-hybridized carbons (Fsp3) is 0.923. The summed E-state index contributed by atoms with van der Waals surface area (Å²) in [4.78, 5) is 12.0. The highest BCUT2D eigenvalue weighted by Crippen LogP contribution is 2.37. The van der Waals surface area contributed by atoms with E-state index in [0.717, 1.165) is 25.7 Å². The highest BCUT2D eigenvalue weighted by Gasteiger charge is 2.39. The van der Waals surface area contributed by atoms with Crippen molar-refractivity contribution in [3.05, 3.63) is 0 Å². The van der Waals surface area contributed by atoms with E-state index in [0.29, 0.717) is 6.42 Å². The summed E-state index contributed by atoms with van der Waals surface area (Å²) >= 11 is 0. The van der Waals surface area contributed by atoms with E-state index in [1.165, 1.54) is 19.3 Å². The van der Waals surface area contributed by atoms with Gasteiger partial charge in [0.25, 0.3) is 0 Å². The zero-order valence-electron chi connectivity index (χ0n) is 10.7. The number of hydrogen-bond donors (Lipinski definition) is 2. The minimum atomic E-state index is -0.178. The molecule has 0 spiro atoms. The number of amides is 1. The van der Waals surface area contributed by atoms with Crippen LogP contribution in [0, 0.1) is 0 Å². The third-order valence-corrected chi connectivity index (χ3v) is 4.35. The highest BCUT2D eigenvalue weighted by molar-refractivity contribution is 5.77. The molecule has 1 amide bonds. The second-order valence-corrected chi connectivity index (χ2v) is 5.54. The van der Waals surface area contributed by atoms with Gasteiger partial charge < -0.3 is 15.8 Å². The van der Waals surface area contributed by atoms with Gasteiger partial charge in [0.1, 0.15) is 0 Å². The molecule has 0 radical (unpaired) electrons. The van der Waals surface area contributed by atoms with Crippen molar-refractivity contribution >= 4 is 5.91 Å². The maximum Gasteiger partial charge on any atom is 0.223 e. The summed E-state index contributed by atoms with van der Waals surface area (Å²) in [5, 5.41) is 3.08. The maximum absolute atomic E-state index is 12.0. The topological polar surface area (TPSA) is 64.3 Å². The van der Waals surface area contributed by atoms with Crippen LogP contribution in [0.15, 0.2) is 0 Å². The Hall–Kier alpha value is -0.610. The van der Waals surface area contributed by atoms with E-state index in [-0.39, 0.29) is 23.6 Å². The van der Waals surface area contributed by atoms with Crippen LogP contribution in [0.5, 0.6) is 0 Å². The molecule has 2 aliphatic rings. The van der Waals surface area contributed by atoms with Gasteiger partial charge in [-0.1, -0.05) is 12.8 Å². The smallest absolute Gasteiger partial charge is 0.223 e. The zero-order valence-corrected chi connectivity index (χ0v) is 10.7. The largest absolute Gasteiger partial charge is 0.378 e. The van der Waals surface area contributed by atoms with Gasteiger partial charge in [0.2, 0.25) is 5.91 Å². The minimum absolute atomic E-state index is 0.105. The van der Waals surface area contributed by atoms with Gasteiger partial charge in [-0.3, -0.25) is 4.79 Å². The predicted molar refractivity (Wildman–Crippen MR) is 66.6 cm³/mol. The van der Waals surface area contributed by atoms with Gasteiger partial charge in [0.15, 0.2) is 0 Å². The lowest BCUT2D eigenvalue weighted by Gasteiger charge is -2.40. The monoisotopic (exact) mass is 240 g/mol. The number of rotatable bonds is 4. The van der Waals surface area contributed by atoms with Crippen molar-refractivity contribution in [3.63, 3.8) is 0 Å². The summed E-state index contributed by atoms with van der Waals surface area (Å²) < 4.78 is 5.47. The molecule has 0 aromatic heterocycles. The van der Waals surface area contributed by atoms with Crippen LogP contribution in [-0.4, -0.2) is 30.7 Å². The Labute approximate surface area is 103 Å². The van der Waals surface area contributed by atoms with Gasteiger partial charge in [-0.15, -0.1) is 0 Å². The average molecular weight is 240 g/mol. The van der Waals surface area contributed by atoms with Gasteiger partial charge in [0, 0.05) is 19.2 Å². The Balaban J connectivity index is 1.80. The molecule has 17 heavy (non-hydrogen) atoms. The Morgan fingerprint density at radius 3 is 2.59 bits per heavy atom. The lowest BCUT2D eigenvalue weighted by atomic mass is 9.77. The molecule has 2 atom stereocenters. The average Bonchev–Trinajstić information content (AvgIpc) is 2.27. The van der Waals surface area contributed by atoms with Gasteiger partial charge in [-0.2, -0.15) is 0 Å². The summed E-state index contributed by atoms with van der Waals surface area (Å²) in [5.41, 5.74) is 5.85.